The summed E-state index contributed by atoms with van der Waals surface area (Å²) in [6, 6.07) is 11.8. The van der Waals surface area contributed by atoms with Crippen molar-refractivity contribution in [2.45, 2.75) is 6.54 Å². The van der Waals surface area contributed by atoms with E-state index in [1.165, 1.54) is 4.88 Å². The minimum Gasteiger partial charge on any atom is -0.368 e. The van der Waals surface area contributed by atoms with Crippen molar-refractivity contribution in [3.63, 3.8) is 0 Å². The van der Waals surface area contributed by atoms with Gasteiger partial charge in [-0.15, -0.1) is 11.3 Å². The van der Waals surface area contributed by atoms with Crippen molar-refractivity contribution in [1.29, 1.82) is 5.26 Å². The van der Waals surface area contributed by atoms with Gasteiger partial charge in [0.25, 0.3) is 0 Å². The third-order valence-electron chi connectivity index (χ3n) is 2.51. The minimum absolute atomic E-state index is 0.662. The SMILES string of the molecule is CN(Cc1ccc(Cl)s1)c1ccc(Br)cc1C#N. The second-order valence-corrected chi connectivity index (χ2v) is 6.55. The lowest BCUT2D eigenvalue weighted by Crippen LogP contribution is -2.16. The number of nitrogens with zero attached hydrogens (tertiary/aromatic N) is 2. The summed E-state index contributed by atoms with van der Waals surface area (Å²) < 4.78 is 1.70. The van der Waals surface area contributed by atoms with Crippen LogP contribution in [0, 0.1) is 11.3 Å². The highest BCUT2D eigenvalue weighted by atomic mass is 79.9. The van der Waals surface area contributed by atoms with E-state index in [-0.39, 0.29) is 0 Å². The molecule has 0 saturated heterocycles. The molecule has 0 aliphatic carbocycles. The molecule has 18 heavy (non-hydrogen) atoms. The molecule has 0 bridgehead atoms. The zero-order valence-corrected chi connectivity index (χ0v) is 12.8. The van der Waals surface area contributed by atoms with Gasteiger partial charge in [0.15, 0.2) is 0 Å². The van der Waals surface area contributed by atoms with E-state index in [1.54, 1.807) is 11.3 Å². The zero-order chi connectivity index (χ0) is 13.1. The molecule has 0 fully saturated rings. The minimum atomic E-state index is 0.662. The summed E-state index contributed by atoms with van der Waals surface area (Å²) in [6.45, 7) is 0.744. The van der Waals surface area contributed by atoms with E-state index >= 15 is 0 Å². The maximum Gasteiger partial charge on any atom is 0.101 e. The Morgan fingerprint density at radius 3 is 2.78 bits per heavy atom. The van der Waals surface area contributed by atoms with Crippen LogP contribution >= 0.6 is 38.9 Å². The summed E-state index contributed by atoms with van der Waals surface area (Å²) in [5.74, 6) is 0. The van der Waals surface area contributed by atoms with Crippen LogP contribution in [0.2, 0.25) is 4.34 Å². The average Bonchev–Trinajstić information content (AvgIpc) is 2.74. The van der Waals surface area contributed by atoms with Crippen LogP contribution in [0.1, 0.15) is 10.4 Å². The fraction of sp³-hybridized carbons (Fsp3) is 0.154. The number of halogens is 2. The van der Waals surface area contributed by atoms with Crippen molar-refractivity contribution in [3.05, 3.63) is 49.6 Å². The lowest BCUT2D eigenvalue weighted by Gasteiger charge is -2.19. The first kappa shape index (κ1) is 13.4. The normalized spacial score (nSPS) is 10.1. The Hall–Kier alpha value is -1.02. The molecule has 1 aromatic carbocycles. The first-order valence-corrected chi connectivity index (χ1v) is 7.24. The molecular formula is C13H10BrClN2S. The standard InChI is InChI=1S/C13H10BrClN2S/c1-17(8-11-3-5-13(15)18-11)12-4-2-10(14)6-9(12)7-16/h2-6H,8H2,1H3. The van der Waals surface area contributed by atoms with Crippen LogP contribution in [0.15, 0.2) is 34.8 Å². The molecule has 0 aliphatic heterocycles. The molecule has 2 rings (SSSR count). The summed E-state index contributed by atoms with van der Waals surface area (Å²) in [6.07, 6.45) is 0. The van der Waals surface area contributed by atoms with Crippen molar-refractivity contribution in [2.24, 2.45) is 0 Å². The van der Waals surface area contributed by atoms with Crippen molar-refractivity contribution >= 4 is 44.6 Å². The molecule has 0 radical (unpaired) electrons. The van der Waals surface area contributed by atoms with E-state index < -0.39 is 0 Å². The molecule has 0 spiro atoms. The maximum absolute atomic E-state index is 9.15. The van der Waals surface area contributed by atoms with Crippen LogP contribution in [0.3, 0.4) is 0 Å². The van der Waals surface area contributed by atoms with E-state index in [0.717, 1.165) is 21.0 Å². The van der Waals surface area contributed by atoms with Gasteiger partial charge in [0.2, 0.25) is 0 Å². The van der Waals surface area contributed by atoms with Crippen LogP contribution in [0.25, 0.3) is 0 Å². The summed E-state index contributed by atoms with van der Waals surface area (Å²) in [4.78, 5) is 3.22. The van der Waals surface area contributed by atoms with Crippen LogP contribution in [-0.4, -0.2) is 7.05 Å². The lowest BCUT2D eigenvalue weighted by atomic mass is 10.2. The Balaban J connectivity index is 2.24. The summed E-state index contributed by atoms with van der Waals surface area (Å²) >= 11 is 10.8. The zero-order valence-electron chi connectivity index (χ0n) is 9.65. The Labute approximate surface area is 124 Å². The number of nitriles is 1. The van der Waals surface area contributed by atoms with Gasteiger partial charge >= 0.3 is 0 Å². The van der Waals surface area contributed by atoms with E-state index in [0.29, 0.717) is 5.56 Å². The molecule has 0 aliphatic rings. The van der Waals surface area contributed by atoms with Gasteiger partial charge < -0.3 is 4.90 Å². The van der Waals surface area contributed by atoms with Gasteiger partial charge in [-0.2, -0.15) is 5.26 Å². The van der Waals surface area contributed by atoms with Crippen molar-refractivity contribution < 1.29 is 0 Å². The Kier molecular flexibility index (Phi) is 4.28. The number of hydrogen-bond acceptors (Lipinski definition) is 3. The molecular weight excluding hydrogens is 332 g/mol. The summed E-state index contributed by atoms with van der Waals surface area (Å²) in [5.41, 5.74) is 1.58. The van der Waals surface area contributed by atoms with Gasteiger partial charge in [0.1, 0.15) is 6.07 Å². The number of benzene rings is 1. The second kappa shape index (κ2) is 5.75. The monoisotopic (exact) mass is 340 g/mol. The molecule has 92 valence electrons. The van der Waals surface area contributed by atoms with Gasteiger partial charge in [0, 0.05) is 16.4 Å². The van der Waals surface area contributed by atoms with Crippen molar-refractivity contribution in [2.75, 3.05) is 11.9 Å². The number of hydrogen-bond donors (Lipinski definition) is 0. The molecule has 1 aromatic heterocycles. The first-order valence-electron chi connectivity index (χ1n) is 5.25. The Bertz CT molecular complexity index is 603. The largest absolute Gasteiger partial charge is 0.368 e. The molecule has 0 saturated carbocycles. The third-order valence-corrected chi connectivity index (χ3v) is 4.22. The lowest BCUT2D eigenvalue weighted by molar-refractivity contribution is 0.937. The molecule has 0 N–H and O–H groups in total. The van der Waals surface area contributed by atoms with Crippen LogP contribution < -0.4 is 4.90 Å². The molecule has 0 amide bonds. The molecule has 2 nitrogen and oxygen atoms in total. The van der Waals surface area contributed by atoms with E-state index in [1.807, 2.05) is 42.3 Å². The first-order chi connectivity index (χ1) is 8.60. The average molecular weight is 342 g/mol. The molecule has 0 unspecified atom stereocenters. The van der Waals surface area contributed by atoms with Crippen molar-refractivity contribution in [1.82, 2.24) is 0 Å². The second-order valence-electron chi connectivity index (χ2n) is 3.84. The van der Waals surface area contributed by atoms with Gasteiger partial charge in [-0.1, -0.05) is 27.5 Å². The number of rotatable bonds is 3. The third kappa shape index (κ3) is 3.05. The van der Waals surface area contributed by atoms with Gasteiger partial charge in [0.05, 0.1) is 22.1 Å². The Morgan fingerprint density at radius 2 is 2.17 bits per heavy atom. The highest BCUT2D eigenvalue weighted by Crippen LogP contribution is 2.27. The summed E-state index contributed by atoms with van der Waals surface area (Å²) in [5, 5.41) is 9.15. The molecule has 0 atom stereocenters. The summed E-state index contributed by atoms with van der Waals surface area (Å²) in [7, 11) is 1.97. The molecule has 2 aromatic rings. The maximum atomic E-state index is 9.15. The molecule has 1 heterocycles. The smallest absolute Gasteiger partial charge is 0.101 e. The highest BCUT2D eigenvalue weighted by molar-refractivity contribution is 9.10. The fourth-order valence-corrected chi connectivity index (χ4v) is 3.19. The fourth-order valence-electron chi connectivity index (χ4n) is 1.69. The highest BCUT2D eigenvalue weighted by Gasteiger charge is 2.09. The predicted molar refractivity (Wildman–Crippen MR) is 80.3 cm³/mol. The van der Waals surface area contributed by atoms with E-state index in [4.69, 9.17) is 16.9 Å². The van der Waals surface area contributed by atoms with Crippen LogP contribution in [0.5, 0.6) is 0 Å². The Morgan fingerprint density at radius 1 is 1.39 bits per heavy atom. The van der Waals surface area contributed by atoms with Gasteiger partial charge in [-0.3, -0.25) is 0 Å². The van der Waals surface area contributed by atoms with E-state index in [2.05, 4.69) is 22.0 Å². The number of thiophene rings is 1. The topological polar surface area (TPSA) is 27.0 Å². The quantitative estimate of drug-likeness (QED) is 0.811. The van der Waals surface area contributed by atoms with Crippen molar-refractivity contribution in [3.8, 4) is 6.07 Å². The van der Waals surface area contributed by atoms with Gasteiger partial charge in [-0.25, -0.2) is 0 Å². The van der Waals surface area contributed by atoms with Crippen LogP contribution in [0.4, 0.5) is 5.69 Å². The molecule has 5 heteroatoms. The van der Waals surface area contributed by atoms with Crippen LogP contribution in [-0.2, 0) is 6.54 Å². The predicted octanol–water partition coefficient (Wildman–Crippen LogP) is 4.67. The number of anilines is 1. The van der Waals surface area contributed by atoms with E-state index in [9.17, 15) is 0 Å². The van der Waals surface area contributed by atoms with Gasteiger partial charge in [-0.05, 0) is 30.3 Å².